The summed E-state index contributed by atoms with van der Waals surface area (Å²) >= 11 is 0. The van der Waals surface area contributed by atoms with Crippen molar-refractivity contribution < 1.29 is 9.90 Å². The third-order valence-electron chi connectivity index (χ3n) is 4.02. The summed E-state index contributed by atoms with van der Waals surface area (Å²) in [6.07, 6.45) is 7.69. The number of aromatic amines is 1. The Morgan fingerprint density at radius 2 is 2.00 bits per heavy atom. The molecule has 1 aromatic heterocycles. The summed E-state index contributed by atoms with van der Waals surface area (Å²) < 4.78 is 0. The smallest absolute Gasteiger partial charge is 0.264 e. The van der Waals surface area contributed by atoms with Gasteiger partial charge < -0.3 is 15.4 Å². The lowest BCUT2D eigenvalue weighted by molar-refractivity contribution is 0.0948. The first-order valence-electron chi connectivity index (χ1n) is 7.90. The minimum absolute atomic E-state index is 0.125. The first kappa shape index (κ1) is 15.6. The second kappa shape index (κ2) is 7.29. The van der Waals surface area contributed by atoms with Gasteiger partial charge in [-0.05, 0) is 32.1 Å². The molecule has 1 aliphatic carbocycles. The molecule has 0 spiro atoms. The van der Waals surface area contributed by atoms with Crippen LogP contribution in [0.5, 0.6) is 5.75 Å². The van der Waals surface area contributed by atoms with Crippen molar-refractivity contribution in [3.8, 4) is 5.75 Å². The quantitative estimate of drug-likeness (QED) is 0.703. The number of aromatic hydroxyl groups is 1. The molecular weight excluding hydrogens is 268 g/mol. The fourth-order valence-corrected chi connectivity index (χ4v) is 2.82. The normalized spacial score (nSPS) is 13.8. The van der Waals surface area contributed by atoms with E-state index in [1.807, 2.05) is 0 Å². The van der Waals surface area contributed by atoms with Gasteiger partial charge in [0.15, 0.2) is 0 Å². The second-order valence-electron chi connectivity index (χ2n) is 5.66. The van der Waals surface area contributed by atoms with Crippen molar-refractivity contribution in [1.29, 1.82) is 0 Å². The van der Waals surface area contributed by atoms with Crippen molar-refractivity contribution in [3.63, 3.8) is 0 Å². The Bertz CT molecular complexity index is 563. The number of pyridine rings is 1. The van der Waals surface area contributed by atoms with Crippen LogP contribution in [0.25, 0.3) is 0 Å². The number of carbonyl (C=O) groups excluding carboxylic acids is 1. The van der Waals surface area contributed by atoms with E-state index in [0.29, 0.717) is 13.0 Å². The molecule has 0 radical (unpaired) electrons. The molecule has 0 atom stereocenters. The van der Waals surface area contributed by atoms with Crippen LogP contribution in [-0.2, 0) is 12.8 Å². The average molecular weight is 292 g/mol. The van der Waals surface area contributed by atoms with Gasteiger partial charge in [0.25, 0.3) is 11.5 Å². The molecule has 0 saturated carbocycles. The van der Waals surface area contributed by atoms with Gasteiger partial charge in [-0.1, -0.05) is 26.2 Å². The Morgan fingerprint density at radius 3 is 2.76 bits per heavy atom. The Labute approximate surface area is 124 Å². The molecule has 1 aliphatic rings. The van der Waals surface area contributed by atoms with E-state index in [0.717, 1.165) is 56.2 Å². The number of H-pyrrole nitrogens is 1. The fraction of sp³-hybridized carbons (Fsp3) is 0.625. The number of carbonyl (C=O) groups is 1. The van der Waals surface area contributed by atoms with E-state index in [1.165, 1.54) is 0 Å². The van der Waals surface area contributed by atoms with Crippen molar-refractivity contribution in [2.45, 2.75) is 58.3 Å². The average Bonchev–Trinajstić information content (AvgIpc) is 2.47. The SMILES string of the molecule is CCCCCCNC(=O)c1c(O)c2c([nH]c1=O)CCCC2. The van der Waals surface area contributed by atoms with Crippen molar-refractivity contribution >= 4 is 5.91 Å². The third-order valence-corrected chi connectivity index (χ3v) is 4.02. The first-order valence-corrected chi connectivity index (χ1v) is 7.90. The third kappa shape index (κ3) is 3.65. The van der Waals surface area contributed by atoms with Gasteiger partial charge in [0.05, 0.1) is 0 Å². The lowest BCUT2D eigenvalue weighted by Crippen LogP contribution is -2.32. The van der Waals surface area contributed by atoms with E-state index in [4.69, 9.17) is 0 Å². The number of hydrogen-bond acceptors (Lipinski definition) is 3. The summed E-state index contributed by atoms with van der Waals surface area (Å²) in [7, 11) is 0. The molecule has 0 saturated heterocycles. The number of amides is 1. The van der Waals surface area contributed by atoms with Crippen LogP contribution in [0.4, 0.5) is 0 Å². The number of rotatable bonds is 6. The van der Waals surface area contributed by atoms with Crippen molar-refractivity contribution in [1.82, 2.24) is 10.3 Å². The number of aryl methyl sites for hydroxylation is 1. The van der Waals surface area contributed by atoms with Gasteiger partial charge >= 0.3 is 0 Å². The highest BCUT2D eigenvalue weighted by Crippen LogP contribution is 2.28. The highest BCUT2D eigenvalue weighted by molar-refractivity contribution is 5.96. The number of aromatic nitrogens is 1. The van der Waals surface area contributed by atoms with E-state index in [9.17, 15) is 14.7 Å². The zero-order valence-corrected chi connectivity index (χ0v) is 12.6. The van der Waals surface area contributed by atoms with E-state index in [1.54, 1.807) is 0 Å². The maximum absolute atomic E-state index is 12.1. The molecule has 0 aliphatic heterocycles. The van der Waals surface area contributed by atoms with Gasteiger partial charge in [0.1, 0.15) is 11.3 Å². The van der Waals surface area contributed by atoms with Crippen LogP contribution in [0.1, 0.15) is 67.1 Å². The van der Waals surface area contributed by atoms with E-state index >= 15 is 0 Å². The molecule has 3 N–H and O–H groups in total. The van der Waals surface area contributed by atoms with E-state index < -0.39 is 11.5 Å². The monoisotopic (exact) mass is 292 g/mol. The molecule has 1 heterocycles. The van der Waals surface area contributed by atoms with E-state index in [-0.39, 0.29) is 11.3 Å². The molecule has 5 heteroatoms. The Balaban J connectivity index is 2.08. The van der Waals surface area contributed by atoms with Gasteiger partial charge in [0, 0.05) is 17.8 Å². The van der Waals surface area contributed by atoms with E-state index in [2.05, 4.69) is 17.2 Å². The van der Waals surface area contributed by atoms with Gasteiger partial charge in [0.2, 0.25) is 0 Å². The highest BCUT2D eigenvalue weighted by Gasteiger charge is 2.23. The van der Waals surface area contributed by atoms with Crippen LogP contribution in [0.15, 0.2) is 4.79 Å². The maximum atomic E-state index is 12.1. The lowest BCUT2D eigenvalue weighted by atomic mass is 9.93. The predicted molar refractivity (Wildman–Crippen MR) is 81.8 cm³/mol. The highest BCUT2D eigenvalue weighted by atomic mass is 16.3. The van der Waals surface area contributed by atoms with Crippen LogP contribution < -0.4 is 10.9 Å². The summed E-state index contributed by atoms with van der Waals surface area (Å²) in [4.78, 5) is 26.9. The Morgan fingerprint density at radius 1 is 1.24 bits per heavy atom. The molecule has 0 aromatic carbocycles. The largest absolute Gasteiger partial charge is 0.507 e. The van der Waals surface area contributed by atoms with Crippen LogP contribution in [0.3, 0.4) is 0 Å². The number of fused-ring (bicyclic) bond motifs is 1. The van der Waals surface area contributed by atoms with Gasteiger partial charge in [-0.2, -0.15) is 0 Å². The van der Waals surface area contributed by atoms with Crippen LogP contribution in [0, 0.1) is 0 Å². The van der Waals surface area contributed by atoms with Crippen molar-refractivity contribution in [2.75, 3.05) is 6.54 Å². The summed E-state index contributed by atoms with van der Waals surface area (Å²) in [5, 5.41) is 13.0. The molecule has 5 nitrogen and oxygen atoms in total. The van der Waals surface area contributed by atoms with Crippen molar-refractivity contribution in [2.24, 2.45) is 0 Å². The van der Waals surface area contributed by atoms with Crippen LogP contribution in [-0.4, -0.2) is 22.5 Å². The zero-order valence-electron chi connectivity index (χ0n) is 12.6. The number of unbranched alkanes of at least 4 members (excludes halogenated alkanes) is 3. The topological polar surface area (TPSA) is 82.2 Å². The Kier molecular flexibility index (Phi) is 5.42. The molecule has 21 heavy (non-hydrogen) atoms. The fourth-order valence-electron chi connectivity index (χ4n) is 2.82. The predicted octanol–water partition coefficient (Wildman–Crippen LogP) is 2.27. The molecule has 1 amide bonds. The van der Waals surface area contributed by atoms with Gasteiger partial charge in [-0.25, -0.2) is 0 Å². The van der Waals surface area contributed by atoms with Crippen LogP contribution >= 0.6 is 0 Å². The molecule has 0 bridgehead atoms. The number of nitrogens with one attached hydrogen (secondary N) is 2. The van der Waals surface area contributed by atoms with Gasteiger partial charge in [-0.3, -0.25) is 9.59 Å². The molecule has 116 valence electrons. The minimum atomic E-state index is -0.487. The van der Waals surface area contributed by atoms with Gasteiger partial charge in [-0.15, -0.1) is 0 Å². The summed E-state index contributed by atoms with van der Waals surface area (Å²) in [5.41, 5.74) is 0.894. The molecule has 2 rings (SSSR count). The Hall–Kier alpha value is -1.78. The molecule has 1 aromatic rings. The summed E-state index contributed by atoms with van der Waals surface area (Å²) in [5.74, 6) is -0.599. The second-order valence-corrected chi connectivity index (χ2v) is 5.66. The summed E-state index contributed by atoms with van der Waals surface area (Å²) in [6.45, 7) is 2.66. The minimum Gasteiger partial charge on any atom is -0.507 e. The molecule has 0 fully saturated rings. The van der Waals surface area contributed by atoms with Crippen LogP contribution in [0.2, 0.25) is 0 Å². The zero-order chi connectivity index (χ0) is 15.2. The molecule has 0 unspecified atom stereocenters. The van der Waals surface area contributed by atoms with Crippen molar-refractivity contribution in [3.05, 3.63) is 27.2 Å². The lowest BCUT2D eigenvalue weighted by Gasteiger charge is -2.18. The standard InChI is InChI=1S/C16H24N2O3/c1-2-3-4-7-10-17-15(20)13-14(19)11-8-5-6-9-12(11)18-16(13)21/h2-10H2,1H3,(H,17,20)(H2,18,19,21). The first-order chi connectivity index (χ1) is 10.1. The number of hydrogen-bond donors (Lipinski definition) is 3. The summed E-state index contributed by atoms with van der Waals surface area (Å²) in [6, 6.07) is 0. The molecular formula is C16H24N2O3. The maximum Gasteiger partial charge on any atom is 0.264 e.